The molecule has 5 heteroatoms. The lowest BCUT2D eigenvalue weighted by Gasteiger charge is -2.46. The third kappa shape index (κ3) is 2.93. The van der Waals surface area contributed by atoms with Gasteiger partial charge in [-0.15, -0.1) is 0 Å². The van der Waals surface area contributed by atoms with E-state index in [1.807, 2.05) is 27.7 Å². The molecule has 0 radical (unpaired) electrons. The fourth-order valence-corrected chi connectivity index (χ4v) is 3.04. The maximum atomic E-state index is 11.4. The summed E-state index contributed by atoms with van der Waals surface area (Å²) < 4.78 is 30.1. The fourth-order valence-electron chi connectivity index (χ4n) is 1.95. The molecule has 1 aliphatic rings. The molecule has 0 unspecified atom stereocenters. The lowest BCUT2D eigenvalue weighted by Crippen LogP contribution is -2.58. The average Bonchev–Trinajstić information content (AvgIpc) is 1.76. The number of nitrogens with zero attached hydrogens (tertiary/aromatic N) is 1. The van der Waals surface area contributed by atoms with Gasteiger partial charge < -0.3 is 4.74 Å². The van der Waals surface area contributed by atoms with Gasteiger partial charge in [-0.2, -0.15) is 4.31 Å². The van der Waals surface area contributed by atoms with Crippen LogP contribution in [-0.2, 0) is 14.8 Å². The summed E-state index contributed by atoms with van der Waals surface area (Å²) >= 11 is 0. The molecular formula is C9H19NO3S. The standard InChI is InChI=1S/C9H19NO3S/c1-8(2)6-10(14(5,11)12)7-9(3,4)13-8/h6-7H2,1-5H3. The van der Waals surface area contributed by atoms with Crippen molar-refractivity contribution >= 4 is 10.0 Å². The first kappa shape index (κ1) is 11.9. The quantitative estimate of drug-likeness (QED) is 0.659. The zero-order chi connectivity index (χ0) is 11.2. The highest BCUT2D eigenvalue weighted by Gasteiger charge is 2.41. The van der Waals surface area contributed by atoms with Crippen LogP contribution in [0.3, 0.4) is 0 Å². The van der Waals surface area contributed by atoms with Crippen molar-refractivity contribution in [3.63, 3.8) is 0 Å². The summed E-state index contributed by atoms with van der Waals surface area (Å²) in [5.41, 5.74) is -0.824. The van der Waals surface area contributed by atoms with E-state index in [0.29, 0.717) is 13.1 Å². The van der Waals surface area contributed by atoms with Crippen molar-refractivity contribution in [3.05, 3.63) is 0 Å². The molecular weight excluding hydrogens is 202 g/mol. The molecule has 0 N–H and O–H groups in total. The normalized spacial score (nSPS) is 27.5. The first-order chi connectivity index (χ1) is 6.02. The van der Waals surface area contributed by atoms with E-state index in [1.54, 1.807) is 0 Å². The molecule has 4 nitrogen and oxygen atoms in total. The van der Waals surface area contributed by atoms with E-state index in [1.165, 1.54) is 10.6 Å². The minimum Gasteiger partial charge on any atom is -0.367 e. The maximum absolute atomic E-state index is 11.4. The van der Waals surface area contributed by atoms with Crippen LogP contribution in [0.2, 0.25) is 0 Å². The maximum Gasteiger partial charge on any atom is 0.211 e. The zero-order valence-electron chi connectivity index (χ0n) is 9.49. The Morgan fingerprint density at radius 2 is 1.43 bits per heavy atom. The van der Waals surface area contributed by atoms with Crippen LogP contribution in [0.5, 0.6) is 0 Å². The van der Waals surface area contributed by atoms with Gasteiger partial charge in [0.25, 0.3) is 0 Å². The number of rotatable bonds is 1. The Balaban J connectivity index is 2.93. The molecule has 1 rings (SSSR count). The predicted molar refractivity (Wildman–Crippen MR) is 55.7 cm³/mol. The van der Waals surface area contributed by atoms with Crippen molar-refractivity contribution in [2.24, 2.45) is 0 Å². The monoisotopic (exact) mass is 221 g/mol. The van der Waals surface area contributed by atoms with Gasteiger partial charge in [0.2, 0.25) is 10.0 Å². The summed E-state index contributed by atoms with van der Waals surface area (Å²) in [7, 11) is -3.11. The number of hydrogen-bond acceptors (Lipinski definition) is 3. The van der Waals surface area contributed by atoms with E-state index in [4.69, 9.17) is 4.74 Å². The van der Waals surface area contributed by atoms with Gasteiger partial charge in [0.1, 0.15) is 0 Å². The average molecular weight is 221 g/mol. The van der Waals surface area contributed by atoms with E-state index in [0.717, 1.165) is 0 Å². The van der Waals surface area contributed by atoms with Gasteiger partial charge in [0.15, 0.2) is 0 Å². The van der Waals surface area contributed by atoms with Crippen LogP contribution in [0.4, 0.5) is 0 Å². The van der Waals surface area contributed by atoms with Crippen LogP contribution >= 0.6 is 0 Å². The van der Waals surface area contributed by atoms with Crippen LogP contribution in [0, 0.1) is 0 Å². The van der Waals surface area contributed by atoms with Crippen molar-refractivity contribution in [2.75, 3.05) is 19.3 Å². The van der Waals surface area contributed by atoms with Crippen molar-refractivity contribution in [1.82, 2.24) is 4.31 Å². The van der Waals surface area contributed by atoms with Gasteiger partial charge in [-0.25, -0.2) is 8.42 Å². The molecule has 84 valence electrons. The van der Waals surface area contributed by atoms with Crippen molar-refractivity contribution in [2.45, 2.75) is 38.9 Å². The Kier molecular flexibility index (Phi) is 2.71. The Morgan fingerprint density at radius 1 is 1.07 bits per heavy atom. The first-order valence-electron chi connectivity index (χ1n) is 4.67. The summed E-state index contributed by atoms with van der Waals surface area (Å²) in [5, 5.41) is 0. The molecule has 0 aliphatic carbocycles. The lowest BCUT2D eigenvalue weighted by atomic mass is 10.0. The van der Waals surface area contributed by atoms with Gasteiger partial charge in [-0.1, -0.05) is 0 Å². The van der Waals surface area contributed by atoms with Crippen LogP contribution in [-0.4, -0.2) is 43.3 Å². The largest absolute Gasteiger partial charge is 0.367 e. The van der Waals surface area contributed by atoms with Gasteiger partial charge >= 0.3 is 0 Å². The third-order valence-corrected chi connectivity index (χ3v) is 3.33. The summed E-state index contributed by atoms with van der Waals surface area (Å²) in [6.07, 6.45) is 1.24. The molecule has 0 atom stereocenters. The van der Waals surface area contributed by atoms with Crippen molar-refractivity contribution < 1.29 is 13.2 Å². The van der Waals surface area contributed by atoms with Crippen LogP contribution in [0.15, 0.2) is 0 Å². The molecule has 0 amide bonds. The lowest BCUT2D eigenvalue weighted by molar-refractivity contribution is -0.163. The van der Waals surface area contributed by atoms with Gasteiger partial charge in [-0.05, 0) is 27.7 Å². The Bertz CT molecular complexity index is 303. The number of ether oxygens (including phenoxy) is 1. The number of hydrogen-bond donors (Lipinski definition) is 0. The van der Waals surface area contributed by atoms with Crippen molar-refractivity contribution in [1.29, 1.82) is 0 Å². The van der Waals surface area contributed by atoms with E-state index >= 15 is 0 Å². The topological polar surface area (TPSA) is 46.6 Å². The summed E-state index contributed by atoms with van der Waals surface area (Å²) in [4.78, 5) is 0. The van der Waals surface area contributed by atoms with E-state index in [-0.39, 0.29) is 0 Å². The van der Waals surface area contributed by atoms with E-state index < -0.39 is 21.2 Å². The molecule has 1 saturated heterocycles. The van der Waals surface area contributed by atoms with Crippen molar-refractivity contribution in [3.8, 4) is 0 Å². The third-order valence-electron chi connectivity index (χ3n) is 2.14. The minimum absolute atomic E-state index is 0.412. The van der Waals surface area contributed by atoms with Gasteiger partial charge in [0.05, 0.1) is 17.5 Å². The second-order valence-corrected chi connectivity index (χ2v) is 7.13. The minimum atomic E-state index is -3.11. The molecule has 1 aliphatic heterocycles. The fraction of sp³-hybridized carbons (Fsp3) is 1.00. The molecule has 0 aromatic heterocycles. The number of sulfonamides is 1. The number of morpholine rings is 1. The van der Waals surface area contributed by atoms with Crippen LogP contribution < -0.4 is 0 Å². The second kappa shape index (κ2) is 3.18. The highest BCUT2D eigenvalue weighted by molar-refractivity contribution is 7.88. The van der Waals surface area contributed by atoms with Crippen LogP contribution in [0.25, 0.3) is 0 Å². The highest BCUT2D eigenvalue weighted by atomic mass is 32.2. The van der Waals surface area contributed by atoms with Gasteiger partial charge in [0, 0.05) is 13.1 Å². The van der Waals surface area contributed by atoms with Crippen LogP contribution in [0.1, 0.15) is 27.7 Å². The molecule has 0 saturated carbocycles. The summed E-state index contributed by atoms with van der Waals surface area (Å²) in [6.45, 7) is 8.49. The SMILES string of the molecule is CC1(C)CN(S(C)(=O)=O)CC(C)(C)O1. The smallest absolute Gasteiger partial charge is 0.211 e. The zero-order valence-corrected chi connectivity index (χ0v) is 10.3. The second-order valence-electron chi connectivity index (χ2n) is 5.15. The Labute approximate surface area is 86.3 Å². The molecule has 1 heterocycles. The Hall–Kier alpha value is -0.130. The van der Waals surface area contributed by atoms with E-state index in [9.17, 15) is 8.42 Å². The molecule has 0 aromatic carbocycles. The summed E-state index contributed by atoms with van der Waals surface area (Å²) in [5.74, 6) is 0. The Morgan fingerprint density at radius 3 is 1.71 bits per heavy atom. The summed E-state index contributed by atoms with van der Waals surface area (Å²) in [6, 6.07) is 0. The molecule has 14 heavy (non-hydrogen) atoms. The van der Waals surface area contributed by atoms with E-state index in [2.05, 4.69) is 0 Å². The van der Waals surface area contributed by atoms with Gasteiger partial charge in [-0.3, -0.25) is 0 Å². The first-order valence-corrected chi connectivity index (χ1v) is 6.52. The molecule has 0 bridgehead atoms. The molecule has 1 fully saturated rings. The highest BCUT2D eigenvalue weighted by Crippen LogP contribution is 2.29. The molecule has 0 spiro atoms. The predicted octanol–water partition coefficient (Wildman–Crippen LogP) is 0.835. The molecule has 0 aromatic rings.